The first-order chi connectivity index (χ1) is 17.8. The maximum atomic E-state index is 12.4. The Kier molecular flexibility index (Phi) is 10.4. The third kappa shape index (κ3) is 7.48. The lowest BCUT2D eigenvalue weighted by atomic mass is 9.98. The van der Waals surface area contributed by atoms with Gasteiger partial charge in [0, 0.05) is 25.1 Å². The highest BCUT2D eigenvalue weighted by Crippen LogP contribution is 2.44. The number of amides is 3. The van der Waals surface area contributed by atoms with Crippen molar-refractivity contribution in [2.45, 2.75) is 44.2 Å². The Labute approximate surface area is 222 Å². The first-order valence-electron chi connectivity index (χ1n) is 12.2. The smallest absolute Gasteiger partial charge is 0.407 e. The van der Waals surface area contributed by atoms with Gasteiger partial charge < -0.3 is 25.4 Å². The fourth-order valence-corrected chi connectivity index (χ4v) is 4.67. The van der Waals surface area contributed by atoms with Gasteiger partial charge in [-0.05, 0) is 41.5 Å². The maximum Gasteiger partial charge on any atom is 0.407 e. The number of carbonyl (C=O) groups is 4. The van der Waals surface area contributed by atoms with Crippen LogP contribution in [-0.2, 0) is 23.9 Å². The molecule has 0 aliphatic heterocycles. The van der Waals surface area contributed by atoms with Crippen molar-refractivity contribution in [1.29, 1.82) is 0 Å². The van der Waals surface area contributed by atoms with Crippen LogP contribution in [0.15, 0.2) is 48.5 Å². The first kappa shape index (κ1) is 28.0. The zero-order valence-corrected chi connectivity index (χ0v) is 21.9. The Balaban J connectivity index is 1.42. The summed E-state index contributed by atoms with van der Waals surface area (Å²) in [6, 6.07) is 14.5. The summed E-state index contributed by atoms with van der Waals surface area (Å²) < 4.78 is 10.3. The third-order valence-corrected chi connectivity index (χ3v) is 6.58. The van der Waals surface area contributed by atoms with Crippen LogP contribution < -0.4 is 16.0 Å². The van der Waals surface area contributed by atoms with Gasteiger partial charge in [-0.2, -0.15) is 12.6 Å². The SMILES string of the molecule is COC(=O)[C@H](CCCCNC(=O)OCC1c2ccccc2-c2ccccc21)NC(=O)[C@H](CS)NC(C)=O. The Bertz CT molecular complexity index is 1080. The molecule has 0 spiro atoms. The van der Waals surface area contributed by atoms with Crippen LogP contribution >= 0.6 is 12.6 Å². The first-order valence-corrected chi connectivity index (χ1v) is 12.8. The van der Waals surface area contributed by atoms with E-state index in [1.54, 1.807) is 0 Å². The summed E-state index contributed by atoms with van der Waals surface area (Å²) in [6.07, 6.45) is 0.904. The molecule has 37 heavy (non-hydrogen) atoms. The van der Waals surface area contributed by atoms with Gasteiger partial charge in [0.1, 0.15) is 18.7 Å². The number of hydrogen-bond acceptors (Lipinski definition) is 7. The zero-order valence-electron chi connectivity index (χ0n) is 21.0. The van der Waals surface area contributed by atoms with Gasteiger partial charge in [0.25, 0.3) is 0 Å². The van der Waals surface area contributed by atoms with Crippen molar-refractivity contribution in [1.82, 2.24) is 16.0 Å². The number of alkyl carbamates (subject to hydrolysis) is 1. The molecule has 10 heteroatoms. The lowest BCUT2D eigenvalue weighted by Gasteiger charge is -2.20. The number of thiol groups is 1. The molecule has 198 valence electrons. The summed E-state index contributed by atoms with van der Waals surface area (Å²) in [5.41, 5.74) is 4.62. The second-order valence-corrected chi connectivity index (χ2v) is 9.13. The molecule has 9 nitrogen and oxygen atoms in total. The molecule has 0 unspecified atom stereocenters. The zero-order chi connectivity index (χ0) is 26.8. The van der Waals surface area contributed by atoms with E-state index in [2.05, 4.69) is 52.8 Å². The molecule has 2 atom stereocenters. The molecule has 0 fully saturated rings. The number of carbonyl (C=O) groups excluding carboxylic acids is 4. The molecular weight excluding hydrogens is 494 g/mol. The van der Waals surface area contributed by atoms with Crippen LogP contribution in [0, 0.1) is 0 Å². The topological polar surface area (TPSA) is 123 Å². The standard InChI is InChI=1S/C27H33N3O6S/c1-17(31)29-24(16-37)25(32)30-23(26(33)35-2)13-7-8-14-28-27(34)36-15-22-20-11-5-3-9-18(20)19-10-4-6-12-21(19)22/h3-6,9-12,22-24,37H,7-8,13-16H2,1-2H3,(H,28,34)(H,29,31)(H,30,32)/t23-,24-/m0/s1. The molecule has 1 aliphatic carbocycles. The minimum absolute atomic E-state index is 0.0128. The van der Waals surface area contributed by atoms with Gasteiger partial charge in [0.05, 0.1) is 7.11 Å². The van der Waals surface area contributed by atoms with Gasteiger partial charge in [-0.15, -0.1) is 0 Å². The lowest BCUT2D eigenvalue weighted by molar-refractivity contribution is -0.145. The molecule has 3 N–H and O–H groups in total. The fourth-order valence-electron chi connectivity index (χ4n) is 4.42. The molecule has 0 saturated carbocycles. The van der Waals surface area contributed by atoms with Crippen LogP contribution in [0.3, 0.4) is 0 Å². The highest BCUT2D eigenvalue weighted by molar-refractivity contribution is 7.80. The Hall–Kier alpha value is -3.53. The van der Waals surface area contributed by atoms with E-state index in [0.29, 0.717) is 25.8 Å². The number of benzene rings is 2. The predicted molar refractivity (Wildman–Crippen MR) is 142 cm³/mol. The van der Waals surface area contributed by atoms with Crippen LogP contribution in [0.1, 0.15) is 43.2 Å². The van der Waals surface area contributed by atoms with Crippen molar-refractivity contribution in [3.63, 3.8) is 0 Å². The van der Waals surface area contributed by atoms with Gasteiger partial charge in [-0.25, -0.2) is 9.59 Å². The number of unbranched alkanes of at least 4 members (excludes halogenated alkanes) is 1. The monoisotopic (exact) mass is 527 g/mol. The molecular formula is C27H33N3O6S. The molecule has 2 aromatic rings. The van der Waals surface area contributed by atoms with Crippen LogP contribution in [0.2, 0.25) is 0 Å². The number of esters is 1. The van der Waals surface area contributed by atoms with Crippen molar-refractivity contribution in [2.24, 2.45) is 0 Å². The van der Waals surface area contributed by atoms with Gasteiger partial charge in [-0.1, -0.05) is 48.5 Å². The van der Waals surface area contributed by atoms with Crippen LogP contribution in [0.5, 0.6) is 0 Å². The van der Waals surface area contributed by atoms with Gasteiger partial charge in [0.15, 0.2) is 0 Å². The van der Waals surface area contributed by atoms with Gasteiger partial charge >= 0.3 is 12.1 Å². The second kappa shape index (κ2) is 13.7. The summed E-state index contributed by atoms with van der Waals surface area (Å²) in [6.45, 7) is 1.88. The van der Waals surface area contributed by atoms with Gasteiger partial charge in [0.2, 0.25) is 11.8 Å². The average molecular weight is 528 g/mol. The molecule has 2 aromatic carbocycles. The average Bonchev–Trinajstić information content (AvgIpc) is 3.22. The number of fused-ring (bicyclic) bond motifs is 3. The van der Waals surface area contributed by atoms with E-state index >= 15 is 0 Å². The summed E-state index contributed by atoms with van der Waals surface area (Å²) >= 11 is 4.07. The van der Waals surface area contributed by atoms with E-state index in [9.17, 15) is 19.2 Å². The van der Waals surface area contributed by atoms with Crippen molar-refractivity contribution in [3.8, 4) is 11.1 Å². The Morgan fingerprint density at radius 2 is 1.54 bits per heavy atom. The lowest BCUT2D eigenvalue weighted by Crippen LogP contribution is -2.52. The molecule has 1 aliphatic rings. The highest BCUT2D eigenvalue weighted by atomic mass is 32.1. The predicted octanol–water partition coefficient (Wildman–Crippen LogP) is 2.79. The molecule has 0 aromatic heterocycles. The molecule has 3 rings (SSSR count). The van der Waals surface area contributed by atoms with Crippen molar-refractivity contribution < 1.29 is 28.7 Å². The minimum atomic E-state index is -0.872. The Morgan fingerprint density at radius 1 is 0.919 bits per heavy atom. The fraction of sp³-hybridized carbons (Fsp3) is 0.407. The van der Waals surface area contributed by atoms with E-state index < -0.39 is 30.1 Å². The summed E-state index contributed by atoms with van der Waals surface area (Å²) in [5, 5.41) is 7.82. The largest absolute Gasteiger partial charge is 0.467 e. The molecule has 0 saturated heterocycles. The van der Waals surface area contributed by atoms with Crippen LogP contribution in [0.4, 0.5) is 4.79 Å². The van der Waals surface area contributed by atoms with Crippen molar-refractivity contribution in [3.05, 3.63) is 59.7 Å². The number of ether oxygens (including phenoxy) is 2. The molecule has 0 radical (unpaired) electrons. The van der Waals surface area contributed by atoms with E-state index in [1.807, 2.05) is 24.3 Å². The Morgan fingerprint density at radius 3 is 2.11 bits per heavy atom. The highest BCUT2D eigenvalue weighted by Gasteiger charge is 2.29. The van der Waals surface area contributed by atoms with E-state index in [4.69, 9.17) is 9.47 Å². The number of hydrogen-bond donors (Lipinski definition) is 4. The number of nitrogens with one attached hydrogen (secondary N) is 3. The maximum absolute atomic E-state index is 12.4. The van der Waals surface area contributed by atoms with Crippen LogP contribution in [-0.4, -0.2) is 62.0 Å². The van der Waals surface area contributed by atoms with Gasteiger partial charge in [-0.3, -0.25) is 9.59 Å². The molecule has 0 heterocycles. The van der Waals surface area contributed by atoms with E-state index in [-0.39, 0.29) is 24.2 Å². The normalized spacial score (nSPS) is 13.5. The number of rotatable bonds is 12. The minimum Gasteiger partial charge on any atom is -0.467 e. The summed E-state index contributed by atoms with van der Waals surface area (Å²) in [5.74, 6) is -1.40. The molecule has 0 bridgehead atoms. The quantitative estimate of drug-likeness (QED) is 0.191. The number of methoxy groups -OCH3 is 1. The summed E-state index contributed by atoms with van der Waals surface area (Å²) in [7, 11) is 1.24. The van der Waals surface area contributed by atoms with E-state index in [1.165, 1.54) is 14.0 Å². The van der Waals surface area contributed by atoms with Crippen molar-refractivity contribution >= 4 is 36.5 Å². The third-order valence-electron chi connectivity index (χ3n) is 6.21. The second-order valence-electron chi connectivity index (χ2n) is 8.77. The van der Waals surface area contributed by atoms with E-state index in [0.717, 1.165) is 22.3 Å². The summed E-state index contributed by atoms with van der Waals surface area (Å²) in [4.78, 5) is 48.1. The molecule has 3 amide bonds. The van der Waals surface area contributed by atoms with Crippen LogP contribution in [0.25, 0.3) is 11.1 Å². The van der Waals surface area contributed by atoms with Crippen molar-refractivity contribution in [2.75, 3.05) is 26.0 Å².